The molecular formula is C14H26N2O3. The van der Waals surface area contributed by atoms with Crippen molar-refractivity contribution in [2.24, 2.45) is 5.92 Å². The van der Waals surface area contributed by atoms with Crippen molar-refractivity contribution in [3.8, 4) is 0 Å². The van der Waals surface area contributed by atoms with Gasteiger partial charge in [0.05, 0.1) is 6.61 Å². The van der Waals surface area contributed by atoms with Gasteiger partial charge in [-0.3, -0.25) is 9.59 Å². The molecule has 5 nitrogen and oxygen atoms in total. The lowest BCUT2D eigenvalue weighted by Gasteiger charge is -2.22. The van der Waals surface area contributed by atoms with Crippen LogP contribution >= 0.6 is 0 Å². The Kier molecular flexibility index (Phi) is 8.21. The predicted molar refractivity (Wildman–Crippen MR) is 73.7 cm³/mol. The lowest BCUT2D eigenvalue weighted by Crippen LogP contribution is -2.31. The normalized spacial score (nSPS) is 18.9. The quantitative estimate of drug-likeness (QED) is 0.514. The molecule has 1 amide bonds. The van der Waals surface area contributed by atoms with Crippen LogP contribution in [-0.4, -0.2) is 38.1 Å². The van der Waals surface area contributed by atoms with E-state index in [-0.39, 0.29) is 11.9 Å². The molecule has 5 heteroatoms. The van der Waals surface area contributed by atoms with Gasteiger partial charge in [0.1, 0.15) is 0 Å². The lowest BCUT2D eigenvalue weighted by molar-refractivity contribution is -0.143. The zero-order chi connectivity index (χ0) is 13.9. The highest BCUT2D eigenvalue weighted by Crippen LogP contribution is 2.15. The summed E-state index contributed by atoms with van der Waals surface area (Å²) in [5.74, 6) is 0.540. The summed E-state index contributed by atoms with van der Waals surface area (Å²) in [6.45, 7) is 4.91. The third-order valence-electron chi connectivity index (χ3n) is 3.36. The average molecular weight is 270 g/mol. The minimum atomic E-state index is -0.190. The van der Waals surface area contributed by atoms with Crippen molar-refractivity contribution in [2.45, 2.75) is 45.4 Å². The molecule has 1 rings (SSSR count). The molecule has 0 aromatic rings. The van der Waals surface area contributed by atoms with Gasteiger partial charge < -0.3 is 15.4 Å². The van der Waals surface area contributed by atoms with Crippen LogP contribution in [0.1, 0.15) is 45.4 Å². The largest absolute Gasteiger partial charge is 0.466 e. The van der Waals surface area contributed by atoms with Crippen molar-refractivity contribution in [2.75, 3.05) is 26.2 Å². The van der Waals surface area contributed by atoms with E-state index in [4.69, 9.17) is 4.74 Å². The summed E-state index contributed by atoms with van der Waals surface area (Å²) >= 11 is 0. The number of carbonyl (C=O) groups is 2. The third-order valence-corrected chi connectivity index (χ3v) is 3.36. The number of rotatable bonds is 8. The van der Waals surface area contributed by atoms with Crippen LogP contribution in [0.5, 0.6) is 0 Å². The van der Waals surface area contributed by atoms with Crippen LogP contribution in [0.15, 0.2) is 0 Å². The van der Waals surface area contributed by atoms with Gasteiger partial charge in [0.15, 0.2) is 0 Å². The van der Waals surface area contributed by atoms with E-state index < -0.39 is 0 Å². The molecule has 1 aliphatic heterocycles. The van der Waals surface area contributed by atoms with Crippen molar-refractivity contribution in [1.29, 1.82) is 0 Å². The van der Waals surface area contributed by atoms with Crippen LogP contribution in [0.25, 0.3) is 0 Å². The third kappa shape index (κ3) is 7.82. The molecule has 110 valence electrons. The maximum Gasteiger partial charge on any atom is 0.305 e. The average Bonchev–Trinajstić information content (AvgIpc) is 2.43. The minimum Gasteiger partial charge on any atom is -0.466 e. The molecule has 0 radical (unpaired) electrons. The Morgan fingerprint density at radius 2 is 2.21 bits per heavy atom. The first kappa shape index (κ1) is 16.0. The number of ether oxygens (including phenoxy) is 1. The lowest BCUT2D eigenvalue weighted by atomic mass is 9.94. The second-order valence-corrected chi connectivity index (χ2v) is 5.01. The number of esters is 1. The molecule has 0 bridgehead atoms. The monoisotopic (exact) mass is 270 g/mol. The highest BCUT2D eigenvalue weighted by molar-refractivity contribution is 5.76. The zero-order valence-electron chi connectivity index (χ0n) is 11.9. The Balaban J connectivity index is 1.97. The first-order valence-corrected chi connectivity index (χ1v) is 7.35. The first-order valence-electron chi connectivity index (χ1n) is 7.35. The van der Waals surface area contributed by atoms with Crippen LogP contribution in [0.4, 0.5) is 0 Å². The Bertz CT molecular complexity index is 276. The van der Waals surface area contributed by atoms with E-state index in [9.17, 15) is 9.59 Å². The Labute approximate surface area is 115 Å². The van der Waals surface area contributed by atoms with Crippen LogP contribution in [0, 0.1) is 5.92 Å². The summed E-state index contributed by atoms with van der Waals surface area (Å²) in [6.07, 6.45) is 5.01. The highest BCUT2D eigenvalue weighted by atomic mass is 16.5. The summed E-state index contributed by atoms with van der Waals surface area (Å²) < 4.78 is 4.82. The van der Waals surface area contributed by atoms with Gasteiger partial charge in [0, 0.05) is 19.4 Å². The summed E-state index contributed by atoms with van der Waals surface area (Å²) in [5.41, 5.74) is 0. The number of amides is 1. The molecule has 0 saturated carbocycles. The molecule has 2 N–H and O–H groups in total. The fraction of sp³-hybridized carbons (Fsp3) is 0.857. The number of carbonyl (C=O) groups excluding carboxylic acids is 2. The van der Waals surface area contributed by atoms with E-state index in [0.29, 0.717) is 38.3 Å². The van der Waals surface area contributed by atoms with E-state index in [2.05, 4.69) is 10.6 Å². The predicted octanol–water partition coefficient (Wildman–Crippen LogP) is 1.23. The standard InChI is InChI=1S/C14H26N2O3/c1-2-19-14(18)6-4-10-16-13(17)8-7-12-5-3-9-15-11-12/h12,15H,2-11H2,1H3,(H,16,17). The molecule has 1 saturated heterocycles. The molecule has 19 heavy (non-hydrogen) atoms. The van der Waals surface area contributed by atoms with Gasteiger partial charge in [0.2, 0.25) is 5.91 Å². The van der Waals surface area contributed by atoms with Crippen molar-refractivity contribution < 1.29 is 14.3 Å². The van der Waals surface area contributed by atoms with Gasteiger partial charge in [-0.2, -0.15) is 0 Å². The SMILES string of the molecule is CCOC(=O)CCCNC(=O)CCC1CCCNC1. The fourth-order valence-corrected chi connectivity index (χ4v) is 2.29. The van der Waals surface area contributed by atoms with Gasteiger partial charge in [-0.1, -0.05) is 0 Å². The molecule has 1 unspecified atom stereocenters. The number of nitrogens with one attached hydrogen (secondary N) is 2. The van der Waals surface area contributed by atoms with Crippen LogP contribution in [0.2, 0.25) is 0 Å². The molecule has 0 aromatic heterocycles. The number of hydrogen-bond acceptors (Lipinski definition) is 4. The zero-order valence-corrected chi connectivity index (χ0v) is 11.9. The molecule has 0 aromatic carbocycles. The summed E-state index contributed by atoms with van der Waals surface area (Å²) in [4.78, 5) is 22.7. The van der Waals surface area contributed by atoms with Crippen LogP contribution in [0.3, 0.4) is 0 Å². The van der Waals surface area contributed by atoms with E-state index in [1.807, 2.05) is 0 Å². The minimum absolute atomic E-state index is 0.0921. The molecule has 1 fully saturated rings. The maximum absolute atomic E-state index is 11.6. The summed E-state index contributed by atoms with van der Waals surface area (Å²) in [7, 11) is 0. The molecule has 1 atom stereocenters. The fourth-order valence-electron chi connectivity index (χ4n) is 2.29. The number of piperidine rings is 1. The topological polar surface area (TPSA) is 67.4 Å². The van der Waals surface area contributed by atoms with Crippen molar-refractivity contribution >= 4 is 11.9 Å². The molecule has 0 spiro atoms. The van der Waals surface area contributed by atoms with Crippen molar-refractivity contribution in [3.63, 3.8) is 0 Å². The van der Waals surface area contributed by atoms with E-state index in [1.165, 1.54) is 12.8 Å². The first-order chi connectivity index (χ1) is 9.22. The smallest absolute Gasteiger partial charge is 0.305 e. The Morgan fingerprint density at radius 1 is 1.37 bits per heavy atom. The molecule has 0 aliphatic carbocycles. The molecule has 1 heterocycles. The van der Waals surface area contributed by atoms with Gasteiger partial charge in [-0.15, -0.1) is 0 Å². The van der Waals surface area contributed by atoms with E-state index in [1.54, 1.807) is 6.92 Å². The number of hydrogen-bond donors (Lipinski definition) is 2. The van der Waals surface area contributed by atoms with Gasteiger partial charge in [-0.25, -0.2) is 0 Å². The molecular weight excluding hydrogens is 244 g/mol. The highest BCUT2D eigenvalue weighted by Gasteiger charge is 2.14. The van der Waals surface area contributed by atoms with Gasteiger partial charge in [-0.05, 0) is 51.6 Å². The van der Waals surface area contributed by atoms with E-state index in [0.717, 1.165) is 19.5 Å². The Morgan fingerprint density at radius 3 is 2.89 bits per heavy atom. The second-order valence-electron chi connectivity index (χ2n) is 5.01. The van der Waals surface area contributed by atoms with Crippen molar-refractivity contribution in [3.05, 3.63) is 0 Å². The van der Waals surface area contributed by atoms with E-state index >= 15 is 0 Å². The van der Waals surface area contributed by atoms with Gasteiger partial charge in [0.25, 0.3) is 0 Å². The van der Waals surface area contributed by atoms with Gasteiger partial charge >= 0.3 is 5.97 Å². The van der Waals surface area contributed by atoms with Crippen LogP contribution in [-0.2, 0) is 14.3 Å². The summed E-state index contributed by atoms with van der Waals surface area (Å²) in [5, 5.41) is 6.20. The molecule has 1 aliphatic rings. The van der Waals surface area contributed by atoms with Crippen LogP contribution < -0.4 is 10.6 Å². The maximum atomic E-state index is 11.6. The summed E-state index contributed by atoms with van der Waals surface area (Å²) in [6, 6.07) is 0. The van der Waals surface area contributed by atoms with Crippen molar-refractivity contribution in [1.82, 2.24) is 10.6 Å². The second kappa shape index (κ2) is 9.78. The Hall–Kier alpha value is -1.10.